The van der Waals surface area contributed by atoms with Crippen molar-refractivity contribution in [3.63, 3.8) is 0 Å². The number of nitrogens with zero attached hydrogens (tertiary/aromatic N) is 5. The van der Waals surface area contributed by atoms with Crippen molar-refractivity contribution in [2.24, 2.45) is 5.92 Å². The zero-order chi connectivity index (χ0) is 23.2. The van der Waals surface area contributed by atoms with Gasteiger partial charge in [0.05, 0.1) is 11.2 Å². The Balaban J connectivity index is 1.34. The van der Waals surface area contributed by atoms with Crippen molar-refractivity contribution in [3.8, 4) is 11.3 Å². The monoisotopic (exact) mass is 450 g/mol. The van der Waals surface area contributed by atoms with Crippen molar-refractivity contribution in [1.82, 2.24) is 19.9 Å². The highest BCUT2D eigenvalue weighted by molar-refractivity contribution is 5.83. The fourth-order valence-electron chi connectivity index (χ4n) is 5.67. The number of fused-ring (bicyclic) bond motifs is 2. The summed E-state index contributed by atoms with van der Waals surface area (Å²) in [4.78, 5) is 18.8. The lowest BCUT2D eigenvalue weighted by atomic mass is 9.79. The van der Waals surface area contributed by atoms with Gasteiger partial charge in [-0.25, -0.2) is 15.0 Å². The van der Waals surface area contributed by atoms with Crippen molar-refractivity contribution in [2.45, 2.75) is 24.8 Å². The maximum Gasteiger partial charge on any atom is 0.138 e. The molecule has 3 heterocycles. The summed E-state index contributed by atoms with van der Waals surface area (Å²) < 4.78 is 0. The van der Waals surface area contributed by atoms with Crippen LogP contribution in [0.15, 0.2) is 67.0 Å². The van der Waals surface area contributed by atoms with Gasteiger partial charge in [-0.3, -0.25) is 0 Å². The van der Waals surface area contributed by atoms with E-state index in [2.05, 4.69) is 71.3 Å². The van der Waals surface area contributed by atoms with E-state index >= 15 is 0 Å². The number of rotatable bonds is 5. The van der Waals surface area contributed by atoms with Crippen molar-refractivity contribution in [2.75, 3.05) is 37.8 Å². The number of nitrogens with two attached hydrogens (primary N) is 1. The molecule has 1 saturated carbocycles. The molecular formula is C28H30N6. The van der Waals surface area contributed by atoms with Gasteiger partial charge in [-0.15, -0.1) is 0 Å². The first-order chi connectivity index (χ1) is 16.6. The van der Waals surface area contributed by atoms with Crippen LogP contribution in [0, 0.1) is 5.92 Å². The second kappa shape index (κ2) is 8.37. The SMILES string of the molecule is CN(C)C[C@H]1C[C@@H](N2CC(c3ccc4ccc(-c5ccccc5)nc4c3)c3c(N)ncnc32)C1. The van der Waals surface area contributed by atoms with E-state index in [0.29, 0.717) is 11.9 Å². The number of hydrogen-bond acceptors (Lipinski definition) is 6. The third-order valence-electron chi connectivity index (χ3n) is 7.36. The van der Waals surface area contributed by atoms with E-state index in [4.69, 9.17) is 15.7 Å². The van der Waals surface area contributed by atoms with E-state index in [-0.39, 0.29) is 5.92 Å². The molecule has 34 heavy (non-hydrogen) atoms. The molecule has 1 atom stereocenters. The Kier molecular flexibility index (Phi) is 5.18. The van der Waals surface area contributed by atoms with Gasteiger partial charge in [-0.05, 0) is 50.6 Å². The first-order valence-electron chi connectivity index (χ1n) is 12.0. The zero-order valence-corrected chi connectivity index (χ0v) is 19.7. The lowest BCUT2D eigenvalue weighted by Gasteiger charge is -2.43. The number of aromatic nitrogens is 3. The maximum atomic E-state index is 6.43. The summed E-state index contributed by atoms with van der Waals surface area (Å²) in [6.07, 6.45) is 4.01. The normalized spacial score (nSPS) is 21.6. The summed E-state index contributed by atoms with van der Waals surface area (Å²) in [5, 5.41) is 1.14. The lowest BCUT2D eigenvalue weighted by Crippen LogP contribution is -2.47. The third kappa shape index (κ3) is 3.68. The van der Waals surface area contributed by atoms with Gasteiger partial charge in [-0.2, -0.15) is 0 Å². The van der Waals surface area contributed by atoms with E-state index < -0.39 is 0 Å². The van der Waals surface area contributed by atoms with Gasteiger partial charge in [0.1, 0.15) is 18.0 Å². The largest absolute Gasteiger partial charge is 0.383 e. The van der Waals surface area contributed by atoms with E-state index in [1.165, 1.54) is 18.4 Å². The molecule has 0 saturated heterocycles. The molecule has 1 aliphatic carbocycles. The molecule has 0 bridgehead atoms. The van der Waals surface area contributed by atoms with Gasteiger partial charge in [0.15, 0.2) is 0 Å². The van der Waals surface area contributed by atoms with Crippen molar-refractivity contribution in [1.29, 1.82) is 0 Å². The van der Waals surface area contributed by atoms with Gasteiger partial charge in [0.2, 0.25) is 0 Å². The average Bonchev–Trinajstić information content (AvgIpc) is 3.21. The summed E-state index contributed by atoms with van der Waals surface area (Å²) in [6, 6.07) is 21.7. The molecule has 4 aromatic rings. The summed E-state index contributed by atoms with van der Waals surface area (Å²) in [5.41, 5.74) is 11.8. The molecule has 2 N–H and O–H groups in total. The topological polar surface area (TPSA) is 71.2 Å². The highest BCUT2D eigenvalue weighted by Crippen LogP contribution is 2.46. The van der Waals surface area contributed by atoms with Gasteiger partial charge < -0.3 is 15.5 Å². The Hall–Kier alpha value is -3.51. The minimum absolute atomic E-state index is 0.149. The summed E-state index contributed by atoms with van der Waals surface area (Å²) in [7, 11) is 4.30. The molecule has 2 aromatic heterocycles. The lowest BCUT2D eigenvalue weighted by molar-refractivity contribution is 0.194. The number of hydrogen-bond donors (Lipinski definition) is 1. The molecule has 0 radical (unpaired) electrons. The predicted molar refractivity (Wildman–Crippen MR) is 138 cm³/mol. The molecule has 0 spiro atoms. The average molecular weight is 451 g/mol. The van der Waals surface area contributed by atoms with Crippen LogP contribution in [0.3, 0.4) is 0 Å². The number of pyridine rings is 1. The predicted octanol–water partition coefficient (Wildman–Crippen LogP) is 4.57. The molecule has 1 unspecified atom stereocenters. The summed E-state index contributed by atoms with van der Waals surface area (Å²) in [5.74, 6) is 2.50. The number of benzene rings is 2. The Morgan fingerprint density at radius 2 is 1.79 bits per heavy atom. The number of anilines is 2. The molecule has 6 heteroatoms. The molecule has 172 valence electrons. The van der Waals surface area contributed by atoms with E-state index in [1.807, 2.05) is 18.2 Å². The van der Waals surface area contributed by atoms with E-state index in [9.17, 15) is 0 Å². The van der Waals surface area contributed by atoms with Crippen LogP contribution < -0.4 is 10.6 Å². The zero-order valence-electron chi connectivity index (χ0n) is 19.7. The molecule has 1 aliphatic heterocycles. The fourth-order valence-corrected chi connectivity index (χ4v) is 5.67. The first-order valence-corrected chi connectivity index (χ1v) is 12.0. The first kappa shape index (κ1) is 21.1. The molecule has 1 fully saturated rings. The van der Waals surface area contributed by atoms with Crippen LogP contribution >= 0.6 is 0 Å². The van der Waals surface area contributed by atoms with Gasteiger partial charge in [-0.1, -0.05) is 48.5 Å². The van der Waals surface area contributed by atoms with Crippen LogP contribution in [0.1, 0.15) is 29.9 Å². The van der Waals surface area contributed by atoms with Crippen LogP contribution in [-0.4, -0.2) is 53.1 Å². The molecule has 6 nitrogen and oxygen atoms in total. The molecule has 6 rings (SSSR count). The van der Waals surface area contributed by atoms with Crippen LogP contribution in [0.2, 0.25) is 0 Å². The van der Waals surface area contributed by atoms with Gasteiger partial charge >= 0.3 is 0 Å². The Morgan fingerprint density at radius 1 is 1.00 bits per heavy atom. The van der Waals surface area contributed by atoms with Gasteiger partial charge in [0, 0.05) is 41.6 Å². The standard InChI is InChI=1S/C28H30N6/c1-33(2)15-18-12-22(13-18)34-16-23(26-27(29)30-17-31-28(26)34)21-9-8-20-10-11-24(32-25(20)14-21)19-6-4-3-5-7-19/h3-11,14,17-18,22-23H,12-13,15-16H2,1-2H3,(H2,29,30,31)/t18-,22+,23?. The highest BCUT2D eigenvalue weighted by Gasteiger charge is 2.42. The van der Waals surface area contributed by atoms with Crippen molar-refractivity contribution >= 4 is 22.5 Å². The number of nitrogen functional groups attached to an aromatic ring is 1. The van der Waals surface area contributed by atoms with Gasteiger partial charge in [0.25, 0.3) is 0 Å². The van der Waals surface area contributed by atoms with Crippen molar-refractivity contribution < 1.29 is 0 Å². The second-order valence-corrected chi connectivity index (χ2v) is 9.97. The molecular weight excluding hydrogens is 420 g/mol. The van der Waals surface area contributed by atoms with E-state index in [0.717, 1.165) is 52.5 Å². The summed E-state index contributed by atoms with van der Waals surface area (Å²) >= 11 is 0. The minimum atomic E-state index is 0.149. The van der Waals surface area contributed by atoms with Crippen LogP contribution in [0.25, 0.3) is 22.2 Å². The fraction of sp³-hybridized carbons (Fsp3) is 0.321. The van der Waals surface area contributed by atoms with Crippen molar-refractivity contribution in [3.05, 3.63) is 78.1 Å². The van der Waals surface area contributed by atoms with Crippen LogP contribution in [0.5, 0.6) is 0 Å². The minimum Gasteiger partial charge on any atom is -0.383 e. The Morgan fingerprint density at radius 3 is 2.59 bits per heavy atom. The molecule has 2 aromatic carbocycles. The third-order valence-corrected chi connectivity index (χ3v) is 7.36. The summed E-state index contributed by atoms with van der Waals surface area (Å²) in [6.45, 7) is 2.04. The quantitative estimate of drug-likeness (QED) is 0.480. The smallest absolute Gasteiger partial charge is 0.138 e. The Bertz CT molecular complexity index is 1330. The second-order valence-electron chi connectivity index (χ2n) is 9.97. The molecule has 0 amide bonds. The van der Waals surface area contributed by atoms with Crippen LogP contribution in [-0.2, 0) is 0 Å². The highest BCUT2D eigenvalue weighted by atomic mass is 15.3. The van der Waals surface area contributed by atoms with Crippen LogP contribution in [0.4, 0.5) is 11.6 Å². The Labute approximate surface area is 200 Å². The molecule has 2 aliphatic rings. The van der Waals surface area contributed by atoms with E-state index in [1.54, 1.807) is 6.33 Å². The maximum absolute atomic E-state index is 6.43.